The summed E-state index contributed by atoms with van der Waals surface area (Å²) in [6, 6.07) is 6.73. The van der Waals surface area contributed by atoms with E-state index in [-0.39, 0.29) is 11.4 Å². The molecule has 9 nitrogen and oxygen atoms in total. The first-order valence-electron chi connectivity index (χ1n) is 13.2. The monoisotopic (exact) mass is 488 g/mol. The molecule has 0 radical (unpaired) electrons. The van der Waals surface area contributed by atoms with Crippen molar-refractivity contribution in [1.29, 1.82) is 0 Å². The molecule has 0 unspecified atom stereocenters. The van der Waals surface area contributed by atoms with Crippen molar-refractivity contribution in [3.63, 3.8) is 0 Å². The number of anilines is 3. The normalized spacial score (nSPS) is 20.4. The van der Waals surface area contributed by atoms with Gasteiger partial charge < -0.3 is 24.6 Å². The molecule has 3 aliphatic rings. The Kier molecular flexibility index (Phi) is 5.82. The van der Waals surface area contributed by atoms with Gasteiger partial charge in [0.15, 0.2) is 0 Å². The first-order chi connectivity index (χ1) is 17.4. The van der Waals surface area contributed by atoms with E-state index >= 15 is 0 Å². The van der Waals surface area contributed by atoms with E-state index in [1.807, 2.05) is 36.5 Å². The Morgan fingerprint density at radius 2 is 1.83 bits per heavy atom. The second-order valence-corrected chi connectivity index (χ2v) is 11.0. The molecule has 3 aromatic rings. The molecular weight excluding hydrogens is 452 g/mol. The molecule has 1 saturated carbocycles. The minimum atomic E-state index is -0.0798. The van der Waals surface area contributed by atoms with Crippen LogP contribution in [0.4, 0.5) is 17.5 Å². The zero-order valence-electron chi connectivity index (χ0n) is 21.6. The van der Waals surface area contributed by atoms with E-state index in [1.54, 1.807) is 0 Å². The van der Waals surface area contributed by atoms with Crippen molar-refractivity contribution in [2.24, 2.45) is 0 Å². The van der Waals surface area contributed by atoms with Crippen LogP contribution in [0.5, 0.6) is 0 Å². The fourth-order valence-corrected chi connectivity index (χ4v) is 6.46. The Morgan fingerprint density at radius 1 is 1.06 bits per heavy atom. The summed E-state index contributed by atoms with van der Waals surface area (Å²) in [5, 5.41) is 4.20. The lowest BCUT2D eigenvalue weighted by Gasteiger charge is -2.45. The van der Waals surface area contributed by atoms with Gasteiger partial charge >= 0.3 is 0 Å². The highest BCUT2D eigenvalue weighted by Crippen LogP contribution is 2.42. The third-order valence-electron chi connectivity index (χ3n) is 8.44. The van der Waals surface area contributed by atoms with Gasteiger partial charge in [0.25, 0.3) is 5.91 Å². The lowest BCUT2D eigenvalue weighted by Crippen LogP contribution is -2.53. The number of piperidine rings is 1. The molecule has 9 heteroatoms. The maximum atomic E-state index is 13.0. The van der Waals surface area contributed by atoms with Crippen LogP contribution in [0.1, 0.15) is 55.4 Å². The summed E-state index contributed by atoms with van der Waals surface area (Å²) < 4.78 is 2.23. The second-order valence-electron chi connectivity index (χ2n) is 11.0. The van der Waals surface area contributed by atoms with Gasteiger partial charge in [0.1, 0.15) is 17.2 Å². The predicted molar refractivity (Wildman–Crippen MR) is 142 cm³/mol. The molecule has 0 atom stereocenters. The summed E-state index contributed by atoms with van der Waals surface area (Å²) in [4.78, 5) is 33.7. The predicted octanol–water partition coefficient (Wildman–Crippen LogP) is 3.85. The van der Waals surface area contributed by atoms with E-state index in [0.29, 0.717) is 12.0 Å². The topological polar surface area (TPSA) is 82.4 Å². The van der Waals surface area contributed by atoms with Crippen LogP contribution in [0.15, 0.2) is 30.6 Å². The Hall–Kier alpha value is -3.20. The number of carbonyl (C=O) groups excluding carboxylic acids is 1. The van der Waals surface area contributed by atoms with Crippen LogP contribution in [0.25, 0.3) is 11.0 Å². The number of likely N-dealkylation sites (N-methyl/N-ethyl adjacent to an activating group) is 1. The first-order valence-corrected chi connectivity index (χ1v) is 13.2. The number of hydrogen-bond acceptors (Lipinski definition) is 7. The SMILES string of the molecule is CN1CC2(CCCCC2)n2c(cc3cnc(Nc4ccc(N5CCC(N(C)C)CC5)cn4)nc32)C1=O. The molecule has 190 valence electrons. The van der Waals surface area contributed by atoms with Gasteiger partial charge in [-0.15, -0.1) is 0 Å². The molecule has 1 spiro atoms. The number of rotatable bonds is 4. The molecule has 36 heavy (non-hydrogen) atoms. The van der Waals surface area contributed by atoms with Gasteiger partial charge in [-0.3, -0.25) is 4.79 Å². The number of aromatic nitrogens is 4. The molecule has 1 saturated heterocycles. The van der Waals surface area contributed by atoms with Crippen molar-refractivity contribution in [3.8, 4) is 0 Å². The summed E-state index contributed by atoms with van der Waals surface area (Å²) in [5.74, 6) is 1.29. The number of carbonyl (C=O) groups is 1. The van der Waals surface area contributed by atoms with Crippen molar-refractivity contribution < 1.29 is 4.79 Å². The fourth-order valence-electron chi connectivity index (χ4n) is 6.46. The number of pyridine rings is 1. The second kappa shape index (κ2) is 9.03. The molecule has 1 amide bonds. The summed E-state index contributed by atoms with van der Waals surface area (Å²) in [7, 11) is 6.24. The van der Waals surface area contributed by atoms with E-state index in [9.17, 15) is 4.79 Å². The highest BCUT2D eigenvalue weighted by molar-refractivity contribution is 5.99. The average Bonchev–Trinajstić information content (AvgIpc) is 3.29. The Bertz CT molecular complexity index is 1250. The molecular formula is C27H36N8O. The van der Waals surface area contributed by atoms with E-state index < -0.39 is 0 Å². The summed E-state index contributed by atoms with van der Waals surface area (Å²) in [6.45, 7) is 2.84. The fraction of sp³-hybridized carbons (Fsp3) is 0.556. The number of nitrogens with one attached hydrogen (secondary N) is 1. The Labute approximate surface area is 212 Å². The van der Waals surface area contributed by atoms with Crippen LogP contribution < -0.4 is 10.2 Å². The number of nitrogens with zero attached hydrogens (tertiary/aromatic N) is 7. The van der Waals surface area contributed by atoms with Crippen LogP contribution in [0.3, 0.4) is 0 Å². The molecule has 5 heterocycles. The Morgan fingerprint density at radius 3 is 2.53 bits per heavy atom. The van der Waals surface area contributed by atoms with Gasteiger partial charge in [-0.25, -0.2) is 9.97 Å². The van der Waals surface area contributed by atoms with E-state index in [2.05, 4.69) is 49.8 Å². The summed E-state index contributed by atoms with van der Waals surface area (Å²) in [5.41, 5.74) is 2.64. The minimum absolute atomic E-state index is 0.0607. The largest absolute Gasteiger partial charge is 0.370 e. The zero-order chi connectivity index (χ0) is 24.9. The maximum Gasteiger partial charge on any atom is 0.270 e. The molecule has 0 aromatic carbocycles. The van der Waals surface area contributed by atoms with Gasteiger partial charge in [0.05, 0.1) is 17.4 Å². The number of hydrogen-bond donors (Lipinski definition) is 1. The van der Waals surface area contributed by atoms with Gasteiger partial charge in [0, 0.05) is 44.3 Å². The molecule has 0 bridgehead atoms. The van der Waals surface area contributed by atoms with Crippen LogP contribution in [0, 0.1) is 0 Å². The lowest BCUT2D eigenvalue weighted by molar-refractivity contribution is 0.0543. The molecule has 3 aromatic heterocycles. The summed E-state index contributed by atoms with van der Waals surface area (Å²) in [6.07, 6.45) is 11.9. The quantitative estimate of drug-likeness (QED) is 0.597. The van der Waals surface area contributed by atoms with Crippen LogP contribution in [-0.2, 0) is 5.54 Å². The first kappa shape index (κ1) is 23.2. The molecule has 1 aliphatic carbocycles. The molecule has 2 aliphatic heterocycles. The molecule has 2 fully saturated rings. The van der Waals surface area contributed by atoms with Gasteiger partial charge in [-0.2, -0.15) is 4.98 Å². The number of fused-ring (bicyclic) bond motifs is 4. The van der Waals surface area contributed by atoms with E-state index in [0.717, 1.165) is 60.7 Å². The average molecular weight is 489 g/mol. The number of amides is 1. The highest BCUT2D eigenvalue weighted by atomic mass is 16.2. The van der Waals surface area contributed by atoms with Crippen LogP contribution in [0.2, 0.25) is 0 Å². The third kappa shape index (κ3) is 3.99. The Balaban J connectivity index is 1.25. The van der Waals surface area contributed by atoms with Crippen molar-refractivity contribution in [2.45, 2.75) is 56.5 Å². The highest BCUT2D eigenvalue weighted by Gasteiger charge is 2.43. The van der Waals surface area contributed by atoms with Crippen LogP contribution >= 0.6 is 0 Å². The van der Waals surface area contributed by atoms with Crippen molar-refractivity contribution in [3.05, 3.63) is 36.3 Å². The maximum absolute atomic E-state index is 13.0. The third-order valence-corrected chi connectivity index (χ3v) is 8.44. The van der Waals surface area contributed by atoms with Crippen LogP contribution in [-0.4, -0.2) is 82.0 Å². The van der Waals surface area contributed by atoms with Gasteiger partial charge in [0.2, 0.25) is 5.95 Å². The van der Waals surface area contributed by atoms with Crippen molar-refractivity contribution in [2.75, 3.05) is 51.0 Å². The summed E-state index contributed by atoms with van der Waals surface area (Å²) >= 11 is 0. The van der Waals surface area contributed by atoms with Crippen molar-refractivity contribution in [1.82, 2.24) is 29.3 Å². The van der Waals surface area contributed by atoms with E-state index in [4.69, 9.17) is 4.98 Å². The molecule has 6 rings (SSSR count). The minimum Gasteiger partial charge on any atom is -0.370 e. The van der Waals surface area contributed by atoms with Gasteiger partial charge in [-0.05, 0) is 58.0 Å². The lowest BCUT2D eigenvalue weighted by atomic mass is 9.79. The smallest absolute Gasteiger partial charge is 0.270 e. The van der Waals surface area contributed by atoms with Crippen molar-refractivity contribution >= 4 is 34.4 Å². The standard InChI is InChI=1S/C27H36N8O/c1-32(2)20-9-13-34(14-10-20)21-7-8-23(28-17-21)30-26-29-16-19-15-22-25(36)33(3)18-27(11-5-4-6-12-27)35(22)24(19)31-26/h7-8,15-17,20H,4-6,9-14,18H2,1-3H3,(H,28,29,30,31). The van der Waals surface area contributed by atoms with Gasteiger partial charge in [-0.1, -0.05) is 19.3 Å². The molecule has 1 N–H and O–H groups in total. The zero-order valence-corrected chi connectivity index (χ0v) is 21.6. The van der Waals surface area contributed by atoms with E-state index in [1.165, 1.54) is 32.1 Å².